The smallest absolute Gasteiger partial charge is 0.296 e. The van der Waals surface area contributed by atoms with Crippen LogP contribution in [0, 0.1) is 0 Å². The molecule has 7 nitrogen and oxygen atoms in total. The fourth-order valence-electron chi connectivity index (χ4n) is 3.69. The maximum atomic E-state index is 13.2. The lowest BCUT2D eigenvalue weighted by Gasteiger charge is -2.24. The van der Waals surface area contributed by atoms with E-state index in [2.05, 4.69) is 20.9 Å². The number of hydrogen-bond acceptors (Lipinski definition) is 7. The second kappa shape index (κ2) is 7.92. The van der Waals surface area contributed by atoms with Crippen molar-refractivity contribution in [2.75, 3.05) is 12.0 Å². The molecule has 1 atom stereocenters. The molecule has 0 aliphatic carbocycles. The van der Waals surface area contributed by atoms with Crippen LogP contribution in [0.15, 0.2) is 81.1 Å². The number of Topliss-reactive ketones (excluding diaryl/α,β-unsaturated/α-hetero) is 1. The van der Waals surface area contributed by atoms with Crippen molar-refractivity contribution in [1.82, 2.24) is 4.98 Å². The Labute approximate surface area is 194 Å². The van der Waals surface area contributed by atoms with Crippen molar-refractivity contribution in [3.05, 3.63) is 88.0 Å². The summed E-state index contributed by atoms with van der Waals surface area (Å²) in [6.45, 7) is 0. The normalized spacial score (nSPS) is 16.2. The summed E-state index contributed by atoms with van der Waals surface area (Å²) in [7, 11) is 1.57. The highest BCUT2D eigenvalue weighted by molar-refractivity contribution is 9.10. The van der Waals surface area contributed by atoms with Crippen LogP contribution in [0.3, 0.4) is 0 Å². The van der Waals surface area contributed by atoms with Gasteiger partial charge in [-0.25, -0.2) is 4.98 Å². The molecule has 1 aliphatic heterocycles. The Kier molecular flexibility index (Phi) is 5.07. The monoisotopic (exact) mass is 510 g/mol. The summed E-state index contributed by atoms with van der Waals surface area (Å²) in [5.41, 5.74) is 1.26. The molecule has 2 aromatic carbocycles. The number of amides is 1. The standard InChI is InChI=1S/C23H15BrN2O5S/c1-30-14-7-8-15-17(11-14)32-23(25-15)26-19(12-4-2-5-13(24)10-12)18(21(28)22(26)29)20(27)16-6-3-9-31-16/h2-11,19,28H,1H3. The van der Waals surface area contributed by atoms with E-state index in [1.165, 1.54) is 28.6 Å². The molecule has 0 saturated carbocycles. The van der Waals surface area contributed by atoms with Crippen molar-refractivity contribution in [3.63, 3.8) is 0 Å². The minimum Gasteiger partial charge on any atom is -0.503 e. The highest BCUT2D eigenvalue weighted by atomic mass is 79.9. The summed E-state index contributed by atoms with van der Waals surface area (Å²) >= 11 is 4.72. The summed E-state index contributed by atoms with van der Waals surface area (Å²) in [6.07, 6.45) is 1.37. The number of hydrogen-bond donors (Lipinski definition) is 1. The van der Waals surface area contributed by atoms with Gasteiger partial charge < -0.3 is 14.3 Å². The molecule has 32 heavy (non-hydrogen) atoms. The number of rotatable bonds is 5. The van der Waals surface area contributed by atoms with Gasteiger partial charge in [0.15, 0.2) is 16.7 Å². The number of benzene rings is 2. The molecule has 1 unspecified atom stereocenters. The van der Waals surface area contributed by atoms with Gasteiger partial charge in [0, 0.05) is 4.47 Å². The van der Waals surface area contributed by atoms with Gasteiger partial charge in [0.2, 0.25) is 5.78 Å². The average molecular weight is 511 g/mol. The van der Waals surface area contributed by atoms with Crippen LogP contribution < -0.4 is 9.64 Å². The fraction of sp³-hybridized carbons (Fsp3) is 0.0870. The number of carbonyl (C=O) groups is 2. The van der Waals surface area contributed by atoms with E-state index >= 15 is 0 Å². The quantitative estimate of drug-likeness (QED) is 0.359. The van der Waals surface area contributed by atoms with Crippen molar-refractivity contribution >= 4 is 54.3 Å². The highest BCUT2D eigenvalue weighted by Gasteiger charge is 2.46. The lowest BCUT2D eigenvalue weighted by Crippen LogP contribution is -2.30. The Hall–Kier alpha value is -3.43. The molecule has 4 aromatic rings. The van der Waals surface area contributed by atoms with Gasteiger partial charge in [-0.15, -0.1) is 0 Å². The van der Waals surface area contributed by atoms with Gasteiger partial charge in [-0.1, -0.05) is 39.4 Å². The van der Waals surface area contributed by atoms with Crippen LogP contribution in [0.5, 0.6) is 5.75 Å². The number of halogens is 1. The van der Waals surface area contributed by atoms with E-state index < -0.39 is 23.5 Å². The van der Waals surface area contributed by atoms with Crippen molar-refractivity contribution in [2.24, 2.45) is 0 Å². The fourth-order valence-corrected chi connectivity index (χ4v) is 5.13. The third-order valence-electron chi connectivity index (χ3n) is 5.15. The van der Waals surface area contributed by atoms with Gasteiger partial charge in [0.25, 0.3) is 5.91 Å². The van der Waals surface area contributed by atoms with Crippen molar-refractivity contribution in [2.45, 2.75) is 6.04 Å². The first-order valence-corrected chi connectivity index (χ1v) is 11.1. The van der Waals surface area contributed by atoms with Crippen LogP contribution in [0.25, 0.3) is 10.2 Å². The summed E-state index contributed by atoms with van der Waals surface area (Å²) in [5.74, 6) is -1.17. The predicted molar refractivity (Wildman–Crippen MR) is 123 cm³/mol. The van der Waals surface area contributed by atoms with Crippen LogP contribution in [0.4, 0.5) is 5.13 Å². The minimum absolute atomic E-state index is 0.0373. The zero-order valence-corrected chi connectivity index (χ0v) is 19.0. The first kappa shape index (κ1) is 20.5. The van der Waals surface area contributed by atoms with Gasteiger partial charge in [-0.05, 0) is 48.0 Å². The number of aliphatic hydroxyl groups excluding tert-OH is 1. The van der Waals surface area contributed by atoms with Crippen molar-refractivity contribution in [1.29, 1.82) is 0 Å². The molecule has 0 radical (unpaired) electrons. The molecule has 3 heterocycles. The number of furan rings is 1. The average Bonchev–Trinajstić information content (AvgIpc) is 3.51. The zero-order chi connectivity index (χ0) is 22.4. The number of thiazole rings is 1. The molecule has 5 rings (SSSR count). The third kappa shape index (κ3) is 3.30. The number of ketones is 1. The van der Waals surface area contributed by atoms with Gasteiger partial charge in [0.1, 0.15) is 5.75 Å². The largest absolute Gasteiger partial charge is 0.503 e. The number of carbonyl (C=O) groups excluding carboxylic acids is 2. The van der Waals surface area contributed by atoms with E-state index in [9.17, 15) is 14.7 Å². The van der Waals surface area contributed by atoms with Crippen LogP contribution in [-0.2, 0) is 4.79 Å². The second-order valence-corrected chi connectivity index (χ2v) is 8.96. The number of fused-ring (bicyclic) bond motifs is 1. The zero-order valence-electron chi connectivity index (χ0n) is 16.6. The second-order valence-electron chi connectivity index (χ2n) is 7.03. The Morgan fingerprint density at radius 2 is 2.06 bits per heavy atom. The Morgan fingerprint density at radius 3 is 2.78 bits per heavy atom. The number of nitrogens with zero attached hydrogens (tertiary/aromatic N) is 2. The number of ether oxygens (including phenoxy) is 1. The first-order valence-electron chi connectivity index (χ1n) is 9.53. The molecule has 0 fully saturated rings. The molecular formula is C23H15BrN2O5S. The van der Waals surface area contributed by atoms with E-state index in [4.69, 9.17) is 9.15 Å². The SMILES string of the molecule is COc1ccc2nc(N3C(=O)C(O)=C(C(=O)c4ccco4)C3c3cccc(Br)c3)sc2c1. The van der Waals surface area contributed by atoms with Gasteiger partial charge in [0.05, 0.1) is 35.2 Å². The lowest BCUT2D eigenvalue weighted by molar-refractivity contribution is -0.117. The molecule has 2 aromatic heterocycles. The van der Waals surface area contributed by atoms with Crippen LogP contribution in [-0.4, -0.2) is 28.9 Å². The van der Waals surface area contributed by atoms with Crippen molar-refractivity contribution < 1.29 is 23.8 Å². The number of methoxy groups -OCH3 is 1. The lowest BCUT2D eigenvalue weighted by atomic mass is 9.95. The van der Waals surface area contributed by atoms with Crippen LogP contribution in [0.2, 0.25) is 0 Å². The summed E-state index contributed by atoms with van der Waals surface area (Å²) in [4.78, 5) is 32.4. The van der Waals surface area contributed by atoms with E-state index in [0.29, 0.717) is 22.0 Å². The molecule has 1 aliphatic rings. The van der Waals surface area contributed by atoms with Gasteiger partial charge in [-0.2, -0.15) is 0 Å². The van der Waals surface area contributed by atoms with E-state index in [1.807, 2.05) is 12.1 Å². The molecule has 0 spiro atoms. The summed E-state index contributed by atoms with van der Waals surface area (Å²) < 4.78 is 12.1. The van der Waals surface area contributed by atoms with E-state index in [-0.39, 0.29) is 11.3 Å². The van der Waals surface area contributed by atoms with E-state index in [0.717, 1.165) is 9.17 Å². The van der Waals surface area contributed by atoms with Crippen molar-refractivity contribution in [3.8, 4) is 5.75 Å². The number of aromatic nitrogens is 1. The first-order chi connectivity index (χ1) is 15.5. The maximum absolute atomic E-state index is 13.2. The minimum atomic E-state index is -0.875. The highest BCUT2D eigenvalue weighted by Crippen LogP contribution is 2.44. The third-order valence-corrected chi connectivity index (χ3v) is 6.66. The van der Waals surface area contributed by atoms with Crippen LogP contribution >= 0.6 is 27.3 Å². The molecule has 160 valence electrons. The molecular weight excluding hydrogens is 496 g/mol. The Bertz CT molecular complexity index is 1390. The number of aliphatic hydroxyl groups is 1. The summed E-state index contributed by atoms with van der Waals surface area (Å²) in [6, 6.07) is 14.8. The Morgan fingerprint density at radius 1 is 1.22 bits per heavy atom. The van der Waals surface area contributed by atoms with Crippen LogP contribution in [0.1, 0.15) is 22.2 Å². The molecule has 0 bridgehead atoms. The van der Waals surface area contributed by atoms with Gasteiger partial charge in [-0.3, -0.25) is 14.5 Å². The summed E-state index contributed by atoms with van der Waals surface area (Å²) in [5, 5.41) is 11.1. The Balaban J connectivity index is 1.68. The molecule has 0 saturated heterocycles. The topological polar surface area (TPSA) is 92.9 Å². The van der Waals surface area contributed by atoms with Gasteiger partial charge >= 0.3 is 0 Å². The molecule has 9 heteroatoms. The predicted octanol–water partition coefficient (Wildman–Crippen LogP) is 5.44. The molecule has 1 N–H and O–H groups in total. The maximum Gasteiger partial charge on any atom is 0.296 e. The van der Waals surface area contributed by atoms with E-state index in [1.54, 1.807) is 43.5 Å². The molecule has 1 amide bonds. The number of anilines is 1.